The summed E-state index contributed by atoms with van der Waals surface area (Å²) in [6.07, 6.45) is -0.246. The first kappa shape index (κ1) is 15.6. The first-order valence-corrected chi connectivity index (χ1v) is 8.08. The number of benzene rings is 2. The molecule has 2 aromatic rings. The first-order chi connectivity index (χ1) is 11.3. The Kier molecular flexibility index (Phi) is 4.93. The van der Waals surface area contributed by atoms with Crippen molar-refractivity contribution >= 4 is 6.09 Å². The summed E-state index contributed by atoms with van der Waals surface area (Å²) >= 11 is 0. The van der Waals surface area contributed by atoms with E-state index in [2.05, 4.69) is 29.6 Å². The molecule has 1 aliphatic heterocycles. The zero-order valence-corrected chi connectivity index (χ0v) is 13.3. The van der Waals surface area contributed by atoms with Gasteiger partial charge in [0.25, 0.3) is 0 Å². The van der Waals surface area contributed by atoms with Gasteiger partial charge in [-0.2, -0.15) is 0 Å². The molecule has 4 heteroatoms. The fraction of sp³-hybridized carbons (Fsp3) is 0.316. The maximum Gasteiger partial charge on any atom is 0.410 e. The molecule has 0 radical (unpaired) electrons. The summed E-state index contributed by atoms with van der Waals surface area (Å²) < 4.78 is 5.28. The second-order valence-corrected chi connectivity index (χ2v) is 5.59. The summed E-state index contributed by atoms with van der Waals surface area (Å²) in [5, 5.41) is 3.56. The van der Waals surface area contributed by atoms with Crippen LogP contribution in [0, 0.1) is 0 Å². The van der Waals surface area contributed by atoms with Gasteiger partial charge in [0.1, 0.15) is 0 Å². The Labute approximate surface area is 137 Å². The van der Waals surface area contributed by atoms with Gasteiger partial charge in [0.2, 0.25) is 0 Å². The fourth-order valence-corrected chi connectivity index (χ4v) is 3.17. The van der Waals surface area contributed by atoms with E-state index in [1.165, 1.54) is 5.56 Å². The molecule has 2 atom stereocenters. The smallest absolute Gasteiger partial charge is 0.410 e. The average Bonchev–Trinajstić information content (AvgIpc) is 2.63. The molecule has 120 valence electrons. The molecule has 1 heterocycles. The zero-order chi connectivity index (χ0) is 16.1. The van der Waals surface area contributed by atoms with Crippen LogP contribution in [0.3, 0.4) is 0 Å². The van der Waals surface area contributed by atoms with E-state index >= 15 is 0 Å². The molecule has 2 aromatic carbocycles. The molecule has 0 spiro atoms. The van der Waals surface area contributed by atoms with E-state index in [1.54, 1.807) is 0 Å². The van der Waals surface area contributed by atoms with Crippen LogP contribution in [-0.2, 0) is 4.74 Å². The molecule has 0 aromatic heterocycles. The van der Waals surface area contributed by atoms with Crippen LogP contribution < -0.4 is 5.32 Å². The monoisotopic (exact) mass is 310 g/mol. The van der Waals surface area contributed by atoms with Gasteiger partial charge in [-0.25, -0.2) is 4.79 Å². The summed E-state index contributed by atoms with van der Waals surface area (Å²) in [7, 11) is 0. The van der Waals surface area contributed by atoms with Gasteiger partial charge in [-0.1, -0.05) is 60.7 Å². The molecule has 3 rings (SSSR count). The Hall–Kier alpha value is -2.33. The van der Waals surface area contributed by atoms with Crippen molar-refractivity contribution in [1.82, 2.24) is 10.2 Å². The zero-order valence-electron chi connectivity index (χ0n) is 13.3. The lowest BCUT2D eigenvalue weighted by Crippen LogP contribution is -2.50. The number of carbonyl (C=O) groups excluding carboxylic acids is 1. The van der Waals surface area contributed by atoms with Gasteiger partial charge in [-0.05, 0) is 18.1 Å². The molecule has 1 fully saturated rings. The van der Waals surface area contributed by atoms with Crippen LogP contribution in [0.25, 0.3) is 0 Å². The fourth-order valence-electron chi connectivity index (χ4n) is 3.17. The topological polar surface area (TPSA) is 41.6 Å². The Bertz CT molecular complexity index is 630. The maximum absolute atomic E-state index is 12.4. The van der Waals surface area contributed by atoms with E-state index in [0.29, 0.717) is 13.2 Å². The number of amides is 1. The Morgan fingerprint density at radius 1 is 1.09 bits per heavy atom. The van der Waals surface area contributed by atoms with Gasteiger partial charge >= 0.3 is 6.09 Å². The highest BCUT2D eigenvalue weighted by Gasteiger charge is 2.36. The average molecular weight is 310 g/mol. The molecule has 4 nitrogen and oxygen atoms in total. The Balaban J connectivity index is 1.99. The highest BCUT2D eigenvalue weighted by molar-refractivity contribution is 5.69. The number of ether oxygens (including phenoxy) is 1. The molecule has 0 unspecified atom stereocenters. The molecular formula is C19H22N2O2. The quantitative estimate of drug-likeness (QED) is 0.943. The second-order valence-electron chi connectivity index (χ2n) is 5.59. The first-order valence-electron chi connectivity index (χ1n) is 8.08. The highest BCUT2D eigenvalue weighted by atomic mass is 16.6. The molecule has 1 N–H and O–H groups in total. The van der Waals surface area contributed by atoms with Gasteiger partial charge < -0.3 is 10.1 Å². The summed E-state index contributed by atoms with van der Waals surface area (Å²) in [4.78, 5) is 14.3. The number of nitrogens with one attached hydrogen (secondary N) is 1. The molecule has 23 heavy (non-hydrogen) atoms. The Morgan fingerprint density at radius 3 is 2.30 bits per heavy atom. The van der Waals surface area contributed by atoms with Crippen LogP contribution in [0.4, 0.5) is 4.79 Å². The summed E-state index contributed by atoms with van der Waals surface area (Å²) in [5.41, 5.74) is 2.29. The highest BCUT2D eigenvalue weighted by Crippen LogP contribution is 2.36. The van der Waals surface area contributed by atoms with Crippen molar-refractivity contribution in [3.05, 3.63) is 71.8 Å². The van der Waals surface area contributed by atoms with Gasteiger partial charge in [0.05, 0.1) is 18.7 Å². The molecule has 1 amide bonds. The van der Waals surface area contributed by atoms with Crippen LogP contribution in [0.2, 0.25) is 0 Å². The number of carbonyl (C=O) groups is 1. The van der Waals surface area contributed by atoms with E-state index in [1.807, 2.05) is 48.2 Å². The van der Waals surface area contributed by atoms with Crippen molar-refractivity contribution in [1.29, 1.82) is 0 Å². The number of piperazine rings is 1. The van der Waals surface area contributed by atoms with Crippen molar-refractivity contribution in [3.63, 3.8) is 0 Å². The molecule has 1 saturated heterocycles. The van der Waals surface area contributed by atoms with Crippen molar-refractivity contribution < 1.29 is 9.53 Å². The number of rotatable bonds is 3. The predicted octanol–water partition coefficient (Wildman–Crippen LogP) is 3.53. The lowest BCUT2D eigenvalue weighted by Gasteiger charge is -2.41. The minimum atomic E-state index is -0.246. The van der Waals surface area contributed by atoms with Crippen molar-refractivity contribution in [2.24, 2.45) is 0 Å². The van der Waals surface area contributed by atoms with E-state index in [4.69, 9.17) is 4.74 Å². The van der Waals surface area contributed by atoms with E-state index in [-0.39, 0.29) is 18.2 Å². The number of hydrogen-bond donors (Lipinski definition) is 1. The third-order valence-electron chi connectivity index (χ3n) is 4.17. The van der Waals surface area contributed by atoms with Crippen LogP contribution >= 0.6 is 0 Å². The van der Waals surface area contributed by atoms with Gasteiger partial charge in [-0.3, -0.25) is 4.90 Å². The summed E-state index contributed by atoms with van der Waals surface area (Å²) in [5.74, 6) is 0. The molecule has 0 saturated carbocycles. The largest absolute Gasteiger partial charge is 0.450 e. The normalized spacial score (nSPS) is 21.0. The lowest BCUT2D eigenvalue weighted by molar-refractivity contribution is 0.0666. The predicted molar refractivity (Wildman–Crippen MR) is 90.1 cm³/mol. The molecule has 1 aliphatic rings. The van der Waals surface area contributed by atoms with E-state index < -0.39 is 0 Å². The maximum atomic E-state index is 12.4. The van der Waals surface area contributed by atoms with Crippen LogP contribution in [0.15, 0.2) is 60.7 Å². The van der Waals surface area contributed by atoms with Crippen molar-refractivity contribution in [2.75, 3.05) is 19.7 Å². The minimum Gasteiger partial charge on any atom is -0.450 e. The summed E-state index contributed by atoms with van der Waals surface area (Å²) in [6, 6.07) is 20.4. The van der Waals surface area contributed by atoms with Crippen molar-refractivity contribution in [2.45, 2.75) is 19.0 Å². The van der Waals surface area contributed by atoms with Crippen molar-refractivity contribution in [3.8, 4) is 0 Å². The van der Waals surface area contributed by atoms with Gasteiger partial charge in [0, 0.05) is 13.1 Å². The summed E-state index contributed by atoms with van der Waals surface area (Å²) in [6.45, 7) is 3.62. The molecule has 0 aliphatic carbocycles. The number of nitrogens with zero attached hydrogens (tertiary/aromatic N) is 1. The third kappa shape index (κ3) is 3.37. The molecular weight excluding hydrogens is 288 g/mol. The third-order valence-corrected chi connectivity index (χ3v) is 4.17. The van der Waals surface area contributed by atoms with Crippen LogP contribution in [0.1, 0.15) is 30.1 Å². The van der Waals surface area contributed by atoms with E-state index in [0.717, 1.165) is 12.1 Å². The van der Waals surface area contributed by atoms with Gasteiger partial charge in [-0.15, -0.1) is 0 Å². The number of hydrogen-bond acceptors (Lipinski definition) is 3. The van der Waals surface area contributed by atoms with Gasteiger partial charge in [0.15, 0.2) is 0 Å². The molecule has 0 bridgehead atoms. The van der Waals surface area contributed by atoms with E-state index in [9.17, 15) is 4.79 Å². The van der Waals surface area contributed by atoms with Crippen LogP contribution in [0.5, 0.6) is 0 Å². The lowest BCUT2D eigenvalue weighted by atomic mass is 9.90. The second kappa shape index (κ2) is 7.29. The van der Waals surface area contributed by atoms with Crippen LogP contribution in [-0.4, -0.2) is 30.7 Å². The minimum absolute atomic E-state index is 0.0526. The Morgan fingerprint density at radius 2 is 1.70 bits per heavy atom. The standard InChI is InChI=1S/C19H22N2O2/c1-2-23-19(22)21-14-13-20-17(15-9-5-3-6-10-15)18(21)16-11-7-4-8-12-16/h3-12,17-18,20H,2,13-14H2,1H3/t17-,18-/m0/s1. The SMILES string of the molecule is CCOC(=O)N1CCN[C@@H](c2ccccc2)[C@@H]1c1ccccc1.